The van der Waals surface area contributed by atoms with Gasteiger partial charge in [0.2, 0.25) is 0 Å². The molecule has 1 aliphatic heterocycles. The van der Waals surface area contributed by atoms with E-state index in [-0.39, 0.29) is 24.6 Å². The van der Waals surface area contributed by atoms with Crippen LogP contribution in [0.3, 0.4) is 0 Å². The number of nitrogens with zero attached hydrogens (tertiary/aromatic N) is 4. The van der Waals surface area contributed by atoms with E-state index >= 15 is 0 Å². The average Bonchev–Trinajstić information content (AvgIpc) is 3.43. The second-order valence-electron chi connectivity index (χ2n) is 7.62. The van der Waals surface area contributed by atoms with Gasteiger partial charge in [0, 0.05) is 30.1 Å². The van der Waals surface area contributed by atoms with E-state index in [1.807, 2.05) is 23.6 Å². The largest absolute Gasteiger partial charge is 0.379 e. The van der Waals surface area contributed by atoms with Crippen LogP contribution in [0.15, 0.2) is 30.3 Å². The van der Waals surface area contributed by atoms with Crippen LogP contribution in [-0.4, -0.2) is 58.5 Å². The molecule has 1 saturated heterocycles. The highest BCUT2D eigenvalue weighted by Gasteiger charge is 2.25. The van der Waals surface area contributed by atoms with Crippen LogP contribution in [-0.2, 0) is 9.57 Å². The Kier molecular flexibility index (Phi) is 8.45. The van der Waals surface area contributed by atoms with Gasteiger partial charge in [-0.1, -0.05) is 35.0 Å². The van der Waals surface area contributed by atoms with E-state index in [2.05, 4.69) is 27.1 Å². The number of ether oxygens (including phenoxy) is 1. The number of morpholine rings is 1. The minimum absolute atomic E-state index is 0.0975. The summed E-state index contributed by atoms with van der Waals surface area (Å²) in [5.74, 6) is 5.99. The van der Waals surface area contributed by atoms with Gasteiger partial charge in [-0.3, -0.25) is 14.8 Å². The Morgan fingerprint density at radius 1 is 1.31 bits per heavy atom. The molecule has 13 heteroatoms. The van der Waals surface area contributed by atoms with Gasteiger partial charge in [0.15, 0.2) is 5.69 Å². The number of hydrogen-bond donors (Lipinski definition) is 1. The summed E-state index contributed by atoms with van der Waals surface area (Å²) in [4.78, 5) is 33.1. The zero-order valence-electron chi connectivity index (χ0n) is 19.1. The van der Waals surface area contributed by atoms with E-state index in [1.165, 1.54) is 11.3 Å². The van der Waals surface area contributed by atoms with Crippen molar-refractivity contribution in [3.8, 4) is 28.2 Å². The second-order valence-corrected chi connectivity index (χ2v) is 9.52. The third-order valence-electron chi connectivity index (χ3n) is 5.21. The maximum atomic E-state index is 13.2. The summed E-state index contributed by atoms with van der Waals surface area (Å²) in [7, 11) is 0. The molecule has 4 rings (SSSR count). The molecule has 188 valence electrons. The first-order chi connectivity index (χ1) is 17.3. The molecule has 1 aliphatic rings. The average molecular weight is 550 g/mol. The first-order valence-corrected chi connectivity index (χ1v) is 12.5. The number of nitrogens with one attached hydrogen (secondary N) is 1. The Bertz CT molecular complexity index is 1340. The number of benzene rings is 1. The zero-order valence-corrected chi connectivity index (χ0v) is 21.5. The Hall–Kier alpha value is -3.14. The molecule has 3 heterocycles. The fourth-order valence-electron chi connectivity index (χ4n) is 3.55. The van der Waals surface area contributed by atoms with Crippen molar-refractivity contribution in [3.05, 3.63) is 66.8 Å². The molecule has 0 spiro atoms. The van der Waals surface area contributed by atoms with Crippen molar-refractivity contribution >= 4 is 40.4 Å². The van der Waals surface area contributed by atoms with Gasteiger partial charge in [0.05, 0.1) is 28.8 Å². The number of amides is 1. The minimum atomic E-state index is -0.844. The molecule has 1 amide bonds. The van der Waals surface area contributed by atoms with Crippen LogP contribution in [0.4, 0.5) is 0 Å². The van der Waals surface area contributed by atoms with Crippen LogP contribution in [0.25, 0.3) is 16.4 Å². The van der Waals surface area contributed by atoms with Gasteiger partial charge in [-0.15, -0.1) is 21.5 Å². The first-order valence-electron chi connectivity index (χ1n) is 10.9. The molecule has 0 bridgehead atoms. The molecule has 0 aliphatic carbocycles. The Balaban J connectivity index is 1.68. The molecule has 0 radical (unpaired) electrons. The number of thiophene rings is 1. The van der Waals surface area contributed by atoms with E-state index in [0.717, 1.165) is 9.88 Å². The van der Waals surface area contributed by atoms with Crippen molar-refractivity contribution in [2.75, 3.05) is 32.9 Å². The summed E-state index contributed by atoms with van der Waals surface area (Å²) in [5, 5.41) is 12.9. The summed E-state index contributed by atoms with van der Waals surface area (Å²) in [5.41, 5.74) is 4.41. The number of hydrogen-bond acceptors (Lipinski definition) is 8. The number of carbonyl (C=O) groups is 1. The van der Waals surface area contributed by atoms with E-state index in [9.17, 15) is 14.9 Å². The predicted molar refractivity (Wildman–Crippen MR) is 136 cm³/mol. The van der Waals surface area contributed by atoms with Crippen LogP contribution in [0.2, 0.25) is 10.0 Å². The molecule has 0 saturated carbocycles. The lowest BCUT2D eigenvalue weighted by Gasteiger charge is -2.26. The van der Waals surface area contributed by atoms with E-state index in [4.69, 9.17) is 27.9 Å². The molecular weight excluding hydrogens is 529 g/mol. The van der Waals surface area contributed by atoms with Crippen molar-refractivity contribution in [3.63, 3.8) is 0 Å². The number of halogens is 2. The van der Waals surface area contributed by atoms with Gasteiger partial charge < -0.3 is 9.57 Å². The molecule has 1 N–H and O–H groups in total. The quantitative estimate of drug-likeness (QED) is 0.204. The van der Waals surface area contributed by atoms with Crippen molar-refractivity contribution in [1.29, 1.82) is 0 Å². The van der Waals surface area contributed by atoms with Crippen molar-refractivity contribution in [2.45, 2.75) is 13.3 Å². The van der Waals surface area contributed by atoms with Crippen molar-refractivity contribution < 1.29 is 19.5 Å². The van der Waals surface area contributed by atoms with Crippen LogP contribution < -0.4 is 5.43 Å². The highest BCUT2D eigenvalue weighted by Crippen LogP contribution is 2.35. The van der Waals surface area contributed by atoms with E-state index in [1.54, 1.807) is 23.2 Å². The number of hydrazine groups is 1. The summed E-state index contributed by atoms with van der Waals surface area (Å²) < 4.78 is 7.20. The van der Waals surface area contributed by atoms with Gasteiger partial charge in [-0.25, -0.2) is 9.99 Å². The zero-order chi connectivity index (χ0) is 25.7. The van der Waals surface area contributed by atoms with Crippen LogP contribution in [0.1, 0.15) is 27.5 Å². The summed E-state index contributed by atoms with van der Waals surface area (Å²) in [6.45, 7) is 3.96. The topological polar surface area (TPSA) is 112 Å². The molecule has 10 nitrogen and oxygen atoms in total. The Morgan fingerprint density at radius 3 is 2.81 bits per heavy atom. The number of carbonyl (C=O) groups excluding carboxylic acids is 1. The van der Waals surface area contributed by atoms with Gasteiger partial charge in [-0.05, 0) is 37.3 Å². The lowest BCUT2D eigenvalue weighted by molar-refractivity contribution is -0.757. The molecule has 36 heavy (non-hydrogen) atoms. The third kappa shape index (κ3) is 6.16. The number of aromatic nitrogens is 2. The predicted octanol–water partition coefficient (Wildman–Crippen LogP) is 4.14. The third-order valence-corrected chi connectivity index (χ3v) is 6.75. The van der Waals surface area contributed by atoms with Crippen molar-refractivity contribution in [1.82, 2.24) is 20.0 Å². The highest BCUT2D eigenvalue weighted by molar-refractivity contribution is 7.15. The summed E-state index contributed by atoms with van der Waals surface area (Å²) in [6.07, 6.45) is 0.218. The van der Waals surface area contributed by atoms with Crippen molar-refractivity contribution in [2.24, 2.45) is 0 Å². The maximum Gasteiger partial charge on any atom is 0.294 e. The van der Waals surface area contributed by atoms with Gasteiger partial charge in [0.1, 0.15) is 17.4 Å². The summed E-state index contributed by atoms with van der Waals surface area (Å²) >= 11 is 14.0. The second kappa shape index (κ2) is 11.7. The smallest absolute Gasteiger partial charge is 0.294 e. The molecule has 1 aromatic carbocycles. The minimum Gasteiger partial charge on any atom is -0.379 e. The van der Waals surface area contributed by atoms with Gasteiger partial charge in [0.25, 0.3) is 11.0 Å². The lowest BCUT2D eigenvalue weighted by Crippen LogP contribution is -2.48. The molecule has 2 aromatic heterocycles. The van der Waals surface area contributed by atoms with Crippen LogP contribution in [0.5, 0.6) is 0 Å². The van der Waals surface area contributed by atoms with Gasteiger partial charge >= 0.3 is 0 Å². The SMILES string of the molecule is Cc1c(C(=O)NN2CCOCC2)nc(-c2ccc(Cl)cc2Cl)n1-c1ccc(C#CCCO[N+](=O)[O-])s1. The lowest BCUT2D eigenvalue weighted by atomic mass is 10.2. The Labute approximate surface area is 220 Å². The summed E-state index contributed by atoms with van der Waals surface area (Å²) in [6, 6.07) is 8.80. The maximum absolute atomic E-state index is 13.2. The normalized spacial score (nSPS) is 13.6. The number of rotatable bonds is 7. The molecule has 0 atom stereocenters. The van der Waals surface area contributed by atoms with Crippen LogP contribution >= 0.6 is 34.5 Å². The molecule has 3 aromatic rings. The number of imidazole rings is 1. The molecule has 0 unspecified atom stereocenters. The molecular formula is C23H21Cl2N5O5S. The Morgan fingerprint density at radius 2 is 2.08 bits per heavy atom. The monoisotopic (exact) mass is 549 g/mol. The van der Waals surface area contributed by atoms with Crippen LogP contribution in [0, 0.1) is 28.9 Å². The highest BCUT2D eigenvalue weighted by atomic mass is 35.5. The molecule has 1 fully saturated rings. The first kappa shape index (κ1) is 25.9. The van der Waals surface area contributed by atoms with Gasteiger partial charge in [-0.2, -0.15) is 0 Å². The fraction of sp³-hybridized carbons (Fsp3) is 0.304. The van der Waals surface area contributed by atoms with E-state index in [0.29, 0.717) is 53.4 Å². The fourth-order valence-corrected chi connectivity index (χ4v) is 4.97. The standard InChI is InChI=1S/C23H21Cl2N5O5S/c1-15-21(23(31)27-28-9-12-34-13-10-28)26-22(18-7-5-16(24)14-19(18)25)29(15)20-8-6-17(36-20)4-2-3-11-35-30(32)33/h5-8,14H,3,9-13H2,1H3,(H,27,31). The van der Waals surface area contributed by atoms with E-state index < -0.39 is 5.09 Å².